The SMILES string of the molecule is COC(CN1CCCC2CCCC21)OC. The van der Waals surface area contributed by atoms with E-state index in [-0.39, 0.29) is 6.29 Å². The first kappa shape index (κ1) is 11.4. The van der Waals surface area contributed by atoms with Crippen LogP contribution >= 0.6 is 0 Å². The molecule has 0 spiro atoms. The van der Waals surface area contributed by atoms with E-state index in [4.69, 9.17) is 9.47 Å². The average Bonchev–Trinajstić information content (AvgIpc) is 2.74. The Morgan fingerprint density at radius 2 is 1.87 bits per heavy atom. The molecule has 2 rings (SSSR count). The monoisotopic (exact) mass is 213 g/mol. The van der Waals surface area contributed by atoms with Gasteiger partial charge in [-0.2, -0.15) is 0 Å². The fraction of sp³-hybridized carbons (Fsp3) is 1.00. The molecule has 0 N–H and O–H groups in total. The van der Waals surface area contributed by atoms with Crippen molar-refractivity contribution in [3.8, 4) is 0 Å². The van der Waals surface area contributed by atoms with E-state index >= 15 is 0 Å². The Balaban J connectivity index is 1.89. The highest BCUT2D eigenvalue weighted by Crippen LogP contribution is 2.36. The maximum atomic E-state index is 5.29. The molecular formula is C12H23NO2. The van der Waals surface area contributed by atoms with E-state index < -0.39 is 0 Å². The van der Waals surface area contributed by atoms with Gasteiger partial charge < -0.3 is 9.47 Å². The minimum Gasteiger partial charge on any atom is -0.355 e. The molecule has 3 heteroatoms. The van der Waals surface area contributed by atoms with E-state index in [0.29, 0.717) is 0 Å². The summed E-state index contributed by atoms with van der Waals surface area (Å²) in [7, 11) is 3.45. The number of hydrogen-bond acceptors (Lipinski definition) is 3. The molecule has 0 radical (unpaired) electrons. The summed E-state index contributed by atoms with van der Waals surface area (Å²) >= 11 is 0. The summed E-state index contributed by atoms with van der Waals surface area (Å²) in [6.45, 7) is 2.17. The first-order valence-corrected chi connectivity index (χ1v) is 6.14. The summed E-state index contributed by atoms with van der Waals surface area (Å²) in [5.74, 6) is 0.952. The molecule has 15 heavy (non-hydrogen) atoms. The topological polar surface area (TPSA) is 21.7 Å². The Hall–Kier alpha value is -0.120. The van der Waals surface area contributed by atoms with E-state index in [9.17, 15) is 0 Å². The quantitative estimate of drug-likeness (QED) is 0.665. The minimum absolute atomic E-state index is 0.0515. The molecule has 1 saturated carbocycles. The molecule has 0 bridgehead atoms. The first-order valence-electron chi connectivity index (χ1n) is 6.14. The van der Waals surface area contributed by atoms with E-state index in [1.54, 1.807) is 14.2 Å². The second-order valence-corrected chi connectivity index (χ2v) is 4.80. The lowest BCUT2D eigenvalue weighted by Gasteiger charge is -2.38. The largest absolute Gasteiger partial charge is 0.355 e. The summed E-state index contributed by atoms with van der Waals surface area (Å²) in [5.41, 5.74) is 0. The van der Waals surface area contributed by atoms with Crippen LogP contribution in [0, 0.1) is 5.92 Å². The number of methoxy groups -OCH3 is 2. The van der Waals surface area contributed by atoms with E-state index in [0.717, 1.165) is 18.5 Å². The fourth-order valence-electron chi connectivity index (χ4n) is 3.22. The van der Waals surface area contributed by atoms with Gasteiger partial charge in [-0.1, -0.05) is 6.42 Å². The normalized spacial score (nSPS) is 32.2. The lowest BCUT2D eigenvalue weighted by Crippen LogP contribution is -2.46. The van der Waals surface area contributed by atoms with Gasteiger partial charge in [0.05, 0.1) is 0 Å². The van der Waals surface area contributed by atoms with Gasteiger partial charge in [0.25, 0.3) is 0 Å². The van der Waals surface area contributed by atoms with E-state index in [1.807, 2.05) is 0 Å². The maximum Gasteiger partial charge on any atom is 0.169 e. The molecule has 2 unspecified atom stereocenters. The van der Waals surface area contributed by atoms with Crippen molar-refractivity contribution in [2.75, 3.05) is 27.3 Å². The number of rotatable bonds is 4. The second kappa shape index (κ2) is 5.28. The fourth-order valence-corrected chi connectivity index (χ4v) is 3.22. The van der Waals surface area contributed by atoms with Gasteiger partial charge in [-0.15, -0.1) is 0 Å². The number of likely N-dealkylation sites (tertiary alicyclic amines) is 1. The smallest absolute Gasteiger partial charge is 0.169 e. The maximum absolute atomic E-state index is 5.29. The molecule has 2 fully saturated rings. The summed E-state index contributed by atoms with van der Waals surface area (Å²) in [6, 6.07) is 0.812. The minimum atomic E-state index is -0.0515. The van der Waals surface area contributed by atoms with Crippen molar-refractivity contribution in [2.45, 2.75) is 44.4 Å². The molecule has 1 heterocycles. The van der Waals surface area contributed by atoms with Crippen molar-refractivity contribution >= 4 is 0 Å². The Labute approximate surface area is 92.7 Å². The highest BCUT2D eigenvalue weighted by Gasteiger charge is 2.35. The standard InChI is InChI=1S/C12H23NO2/c1-14-12(15-2)9-13-8-4-6-10-5-3-7-11(10)13/h10-12H,3-9H2,1-2H3. The highest BCUT2D eigenvalue weighted by atomic mass is 16.7. The third-order valence-corrected chi connectivity index (χ3v) is 4.02. The van der Waals surface area contributed by atoms with Crippen molar-refractivity contribution in [3.63, 3.8) is 0 Å². The number of ether oxygens (including phenoxy) is 2. The average molecular weight is 213 g/mol. The van der Waals surface area contributed by atoms with Crippen molar-refractivity contribution in [3.05, 3.63) is 0 Å². The third kappa shape index (κ3) is 2.52. The predicted molar refractivity (Wildman–Crippen MR) is 59.7 cm³/mol. The molecule has 2 atom stereocenters. The van der Waals surface area contributed by atoms with E-state index in [1.165, 1.54) is 38.6 Å². The highest BCUT2D eigenvalue weighted by molar-refractivity contribution is 4.89. The zero-order valence-electron chi connectivity index (χ0n) is 9.95. The van der Waals surface area contributed by atoms with Gasteiger partial charge in [0, 0.05) is 26.8 Å². The summed E-state index contributed by atoms with van der Waals surface area (Å²) in [5, 5.41) is 0. The summed E-state index contributed by atoms with van der Waals surface area (Å²) < 4.78 is 10.6. The molecule has 0 aromatic carbocycles. The van der Waals surface area contributed by atoms with Crippen LogP contribution in [0.25, 0.3) is 0 Å². The molecule has 2 aliphatic rings. The van der Waals surface area contributed by atoms with Crippen molar-refractivity contribution < 1.29 is 9.47 Å². The molecule has 1 aliphatic carbocycles. The molecule has 88 valence electrons. The van der Waals surface area contributed by atoms with Crippen LogP contribution in [0.2, 0.25) is 0 Å². The number of fused-ring (bicyclic) bond motifs is 1. The van der Waals surface area contributed by atoms with Crippen molar-refractivity contribution in [1.29, 1.82) is 0 Å². The van der Waals surface area contributed by atoms with Crippen molar-refractivity contribution in [2.24, 2.45) is 5.92 Å². The Morgan fingerprint density at radius 3 is 2.60 bits per heavy atom. The predicted octanol–water partition coefficient (Wildman–Crippen LogP) is 1.87. The van der Waals surface area contributed by atoms with Crippen LogP contribution < -0.4 is 0 Å². The van der Waals surface area contributed by atoms with Gasteiger partial charge in [0.1, 0.15) is 0 Å². The Morgan fingerprint density at radius 1 is 1.13 bits per heavy atom. The summed E-state index contributed by atoms with van der Waals surface area (Å²) in [6.07, 6.45) is 6.96. The summed E-state index contributed by atoms with van der Waals surface area (Å²) in [4.78, 5) is 2.58. The molecule has 1 saturated heterocycles. The van der Waals surface area contributed by atoms with Gasteiger partial charge in [-0.25, -0.2) is 0 Å². The third-order valence-electron chi connectivity index (χ3n) is 4.02. The van der Waals surface area contributed by atoms with Gasteiger partial charge in [-0.3, -0.25) is 4.90 Å². The van der Waals surface area contributed by atoms with Crippen LogP contribution in [0.3, 0.4) is 0 Å². The lowest BCUT2D eigenvalue weighted by atomic mass is 9.92. The molecule has 3 nitrogen and oxygen atoms in total. The van der Waals surface area contributed by atoms with Gasteiger partial charge >= 0.3 is 0 Å². The number of hydrogen-bond donors (Lipinski definition) is 0. The van der Waals surface area contributed by atoms with Gasteiger partial charge in [0.2, 0.25) is 0 Å². The van der Waals surface area contributed by atoms with Crippen LogP contribution in [-0.4, -0.2) is 44.5 Å². The van der Waals surface area contributed by atoms with Crippen LogP contribution in [-0.2, 0) is 9.47 Å². The first-order chi connectivity index (χ1) is 7.35. The molecule has 0 aromatic rings. The Bertz CT molecular complexity index is 194. The van der Waals surface area contributed by atoms with E-state index in [2.05, 4.69) is 4.90 Å². The van der Waals surface area contributed by atoms with Gasteiger partial charge in [-0.05, 0) is 38.1 Å². The molecule has 1 aliphatic heterocycles. The van der Waals surface area contributed by atoms with Crippen LogP contribution in [0.1, 0.15) is 32.1 Å². The molecular weight excluding hydrogens is 190 g/mol. The zero-order chi connectivity index (χ0) is 10.7. The Kier molecular flexibility index (Phi) is 4.00. The second-order valence-electron chi connectivity index (χ2n) is 4.80. The number of piperidine rings is 1. The lowest BCUT2D eigenvalue weighted by molar-refractivity contribution is -0.124. The van der Waals surface area contributed by atoms with Crippen LogP contribution in [0.15, 0.2) is 0 Å². The van der Waals surface area contributed by atoms with Crippen LogP contribution in [0.4, 0.5) is 0 Å². The number of nitrogens with zero attached hydrogens (tertiary/aromatic N) is 1. The zero-order valence-corrected chi connectivity index (χ0v) is 9.95. The molecule has 0 aromatic heterocycles. The van der Waals surface area contributed by atoms with Crippen molar-refractivity contribution in [1.82, 2.24) is 4.90 Å². The van der Waals surface area contributed by atoms with Gasteiger partial charge in [0.15, 0.2) is 6.29 Å². The van der Waals surface area contributed by atoms with Crippen LogP contribution in [0.5, 0.6) is 0 Å². The molecule has 0 amide bonds.